The van der Waals surface area contributed by atoms with E-state index < -0.39 is 11.7 Å². The fourth-order valence-corrected chi connectivity index (χ4v) is 4.70. The van der Waals surface area contributed by atoms with Crippen LogP contribution in [-0.4, -0.2) is 44.4 Å². The second-order valence-electron chi connectivity index (χ2n) is 8.72. The Morgan fingerprint density at radius 3 is 2.39 bits per heavy atom. The standard InChI is InChI=1S/C23H25F3N6O/c24-23(25,26)18-12-28-22(29-13-18)31-8-5-16(6-9-31)21-11-17(21)7-10-33-20-3-1-19(2-4-20)32-15-27-14-30-32/h1-4,12-17,21H,5-11H2/t17-,21-/m1/s1. The minimum absolute atomic E-state index is 0.386. The van der Waals surface area contributed by atoms with Gasteiger partial charge in [-0.1, -0.05) is 0 Å². The van der Waals surface area contributed by atoms with Gasteiger partial charge in [-0.2, -0.15) is 18.3 Å². The second-order valence-corrected chi connectivity index (χ2v) is 8.72. The van der Waals surface area contributed by atoms with Crippen LogP contribution in [0.4, 0.5) is 19.1 Å². The van der Waals surface area contributed by atoms with E-state index in [1.807, 2.05) is 29.2 Å². The predicted octanol–water partition coefficient (Wildman–Crippen LogP) is 4.40. The summed E-state index contributed by atoms with van der Waals surface area (Å²) in [4.78, 5) is 13.8. The van der Waals surface area contributed by atoms with Gasteiger partial charge in [0.25, 0.3) is 0 Å². The average Bonchev–Trinajstić information content (AvgIpc) is 3.38. The van der Waals surface area contributed by atoms with Crippen molar-refractivity contribution in [1.82, 2.24) is 24.7 Å². The van der Waals surface area contributed by atoms with Crippen molar-refractivity contribution in [3.8, 4) is 11.4 Å². The number of nitrogens with zero attached hydrogens (tertiary/aromatic N) is 6. The number of aromatic nitrogens is 5. The van der Waals surface area contributed by atoms with E-state index in [0.29, 0.717) is 24.4 Å². The molecule has 1 saturated carbocycles. The van der Waals surface area contributed by atoms with Gasteiger partial charge in [0.2, 0.25) is 5.95 Å². The first-order valence-corrected chi connectivity index (χ1v) is 11.2. The lowest BCUT2D eigenvalue weighted by Crippen LogP contribution is -2.35. The van der Waals surface area contributed by atoms with E-state index in [2.05, 4.69) is 20.1 Å². The van der Waals surface area contributed by atoms with Gasteiger partial charge in [-0.25, -0.2) is 19.6 Å². The molecule has 2 aromatic heterocycles. The average molecular weight is 458 g/mol. The van der Waals surface area contributed by atoms with Crippen molar-refractivity contribution in [2.24, 2.45) is 17.8 Å². The van der Waals surface area contributed by atoms with Crippen molar-refractivity contribution in [3.05, 3.63) is 54.9 Å². The molecular formula is C23H25F3N6O. The molecule has 0 radical (unpaired) electrons. The highest BCUT2D eigenvalue weighted by Gasteiger charge is 2.43. The lowest BCUT2D eigenvalue weighted by molar-refractivity contribution is -0.138. The van der Waals surface area contributed by atoms with Crippen LogP contribution in [0.3, 0.4) is 0 Å². The minimum atomic E-state index is -4.41. The predicted molar refractivity (Wildman–Crippen MR) is 115 cm³/mol. The molecule has 174 valence electrons. The van der Waals surface area contributed by atoms with Crippen molar-refractivity contribution in [3.63, 3.8) is 0 Å². The Kier molecular flexibility index (Phi) is 5.90. The van der Waals surface area contributed by atoms with Crippen molar-refractivity contribution in [2.75, 3.05) is 24.6 Å². The Hall–Kier alpha value is -3.17. The first-order valence-electron chi connectivity index (χ1n) is 11.2. The smallest absolute Gasteiger partial charge is 0.419 e. The van der Waals surface area contributed by atoms with Crippen LogP contribution in [-0.2, 0) is 6.18 Å². The molecule has 1 saturated heterocycles. The number of piperidine rings is 1. The molecule has 2 fully saturated rings. The first kappa shape index (κ1) is 21.7. The fourth-order valence-electron chi connectivity index (χ4n) is 4.70. The number of ether oxygens (including phenoxy) is 1. The van der Waals surface area contributed by atoms with Crippen LogP contribution in [0.2, 0.25) is 0 Å². The molecule has 3 aromatic rings. The van der Waals surface area contributed by atoms with Crippen LogP contribution in [0.25, 0.3) is 5.69 Å². The van der Waals surface area contributed by atoms with E-state index in [4.69, 9.17) is 4.74 Å². The van der Waals surface area contributed by atoms with Gasteiger partial charge in [0.15, 0.2) is 0 Å². The Morgan fingerprint density at radius 1 is 1.03 bits per heavy atom. The summed E-state index contributed by atoms with van der Waals surface area (Å²) in [6.45, 7) is 2.27. The molecule has 0 amide bonds. The van der Waals surface area contributed by atoms with Gasteiger partial charge >= 0.3 is 6.18 Å². The first-order chi connectivity index (χ1) is 16.0. The maximum absolute atomic E-state index is 12.7. The van der Waals surface area contributed by atoms with Gasteiger partial charge < -0.3 is 9.64 Å². The number of halogens is 3. The maximum atomic E-state index is 12.7. The van der Waals surface area contributed by atoms with Crippen molar-refractivity contribution in [2.45, 2.75) is 31.9 Å². The van der Waals surface area contributed by atoms with Crippen LogP contribution >= 0.6 is 0 Å². The zero-order valence-electron chi connectivity index (χ0n) is 18.0. The van der Waals surface area contributed by atoms with Crippen LogP contribution in [0.5, 0.6) is 5.75 Å². The molecule has 10 heteroatoms. The van der Waals surface area contributed by atoms with Crippen molar-refractivity contribution < 1.29 is 17.9 Å². The van der Waals surface area contributed by atoms with Crippen LogP contribution in [0, 0.1) is 17.8 Å². The molecule has 0 unspecified atom stereocenters. The third kappa shape index (κ3) is 5.09. The minimum Gasteiger partial charge on any atom is -0.494 e. The summed E-state index contributed by atoms with van der Waals surface area (Å²) < 4.78 is 45.7. The molecule has 0 N–H and O–H groups in total. The number of hydrogen-bond acceptors (Lipinski definition) is 6. The summed E-state index contributed by atoms with van der Waals surface area (Å²) in [6.07, 6.45) is 4.81. The maximum Gasteiger partial charge on any atom is 0.419 e. The Bertz CT molecular complexity index is 1030. The molecule has 5 rings (SSSR count). The highest BCUT2D eigenvalue weighted by molar-refractivity contribution is 5.36. The lowest BCUT2D eigenvalue weighted by Gasteiger charge is -2.32. The normalized spacial score (nSPS) is 21.2. The van der Waals surface area contributed by atoms with E-state index >= 15 is 0 Å². The second kappa shape index (κ2) is 8.99. The number of hydrogen-bond donors (Lipinski definition) is 0. The van der Waals surface area contributed by atoms with Gasteiger partial charge in [-0.3, -0.25) is 0 Å². The fraction of sp³-hybridized carbons (Fsp3) is 0.478. The molecule has 33 heavy (non-hydrogen) atoms. The van der Waals surface area contributed by atoms with E-state index in [1.54, 1.807) is 11.0 Å². The highest BCUT2D eigenvalue weighted by atomic mass is 19.4. The Labute approximate surface area is 189 Å². The summed E-state index contributed by atoms with van der Waals surface area (Å²) in [7, 11) is 0. The van der Waals surface area contributed by atoms with Crippen LogP contribution in [0.15, 0.2) is 49.3 Å². The number of rotatable bonds is 7. The molecule has 7 nitrogen and oxygen atoms in total. The van der Waals surface area contributed by atoms with E-state index in [9.17, 15) is 13.2 Å². The van der Waals surface area contributed by atoms with E-state index in [0.717, 1.165) is 62.1 Å². The zero-order valence-corrected chi connectivity index (χ0v) is 18.0. The molecule has 3 heterocycles. The molecule has 1 aliphatic carbocycles. The SMILES string of the molecule is FC(F)(F)c1cnc(N2CCC([C@H]3C[C@H]3CCOc3ccc(-n4cncn4)cc3)CC2)nc1. The summed E-state index contributed by atoms with van der Waals surface area (Å²) in [5.74, 6) is 3.30. The molecule has 1 aromatic carbocycles. The molecule has 2 aliphatic rings. The third-order valence-corrected chi connectivity index (χ3v) is 6.65. The van der Waals surface area contributed by atoms with Crippen LogP contribution in [0.1, 0.15) is 31.2 Å². The summed E-state index contributed by atoms with van der Waals surface area (Å²) in [5, 5.41) is 4.11. The topological polar surface area (TPSA) is 69.0 Å². The summed E-state index contributed by atoms with van der Waals surface area (Å²) >= 11 is 0. The van der Waals surface area contributed by atoms with Crippen LogP contribution < -0.4 is 9.64 Å². The van der Waals surface area contributed by atoms with Crippen molar-refractivity contribution >= 4 is 5.95 Å². The molecule has 1 aliphatic heterocycles. The monoisotopic (exact) mass is 458 g/mol. The van der Waals surface area contributed by atoms with Gasteiger partial charge in [0.05, 0.1) is 17.9 Å². The Morgan fingerprint density at radius 2 is 1.76 bits per heavy atom. The molecule has 0 bridgehead atoms. The third-order valence-electron chi connectivity index (χ3n) is 6.65. The number of benzene rings is 1. The molecule has 0 spiro atoms. The summed E-state index contributed by atoms with van der Waals surface area (Å²) in [5.41, 5.74) is 0.130. The van der Waals surface area contributed by atoms with E-state index in [-0.39, 0.29) is 0 Å². The Balaban J connectivity index is 1.03. The van der Waals surface area contributed by atoms with Gasteiger partial charge in [-0.15, -0.1) is 0 Å². The number of anilines is 1. The van der Waals surface area contributed by atoms with Gasteiger partial charge in [0.1, 0.15) is 18.4 Å². The van der Waals surface area contributed by atoms with Crippen molar-refractivity contribution in [1.29, 1.82) is 0 Å². The lowest BCUT2D eigenvalue weighted by atomic mass is 9.90. The molecule has 2 atom stereocenters. The zero-order chi connectivity index (χ0) is 22.8. The summed E-state index contributed by atoms with van der Waals surface area (Å²) in [6, 6.07) is 7.80. The number of alkyl halides is 3. The van der Waals surface area contributed by atoms with E-state index in [1.165, 1.54) is 12.7 Å². The quantitative estimate of drug-likeness (QED) is 0.523. The van der Waals surface area contributed by atoms with Gasteiger partial charge in [0, 0.05) is 25.5 Å². The molecular weight excluding hydrogens is 433 g/mol. The van der Waals surface area contributed by atoms with Gasteiger partial charge in [-0.05, 0) is 67.7 Å². The largest absolute Gasteiger partial charge is 0.494 e. The highest BCUT2D eigenvalue weighted by Crippen LogP contribution is 2.49.